The van der Waals surface area contributed by atoms with E-state index in [1.54, 1.807) is 16.8 Å². The smallest absolute Gasteiger partial charge is 0.263 e. The summed E-state index contributed by atoms with van der Waals surface area (Å²) >= 11 is 1.44. The minimum Gasteiger partial charge on any atom is -0.340 e. The highest BCUT2D eigenvalue weighted by atomic mass is 32.1. The molecule has 0 bridgehead atoms. The van der Waals surface area contributed by atoms with Crippen LogP contribution in [0.15, 0.2) is 78.2 Å². The van der Waals surface area contributed by atoms with Crippen molar-refractivity contribution in [3.63, 3.8) is 0 Å². The highest BCUT2D eigenvalue weighted by molar-refractivity contribution is 7.12. The predicted octanol–water partition coefficient (Wildman–Crippen LogP) is 3.69. The molecule has 2 aliphatic heterocycles. The molecule has 0 atom stereocenters. The summed E-state index contributed by atoms with van der Waals surface area (Å²) in [5.41, 5.74) is 1.24. The molecule has 36 heavy (non-hydrogen) atoms. The number of anilines is 1. The van der Waals surface area contributed by atoms with Gasteiger partial charge in [-0.05, 0) is 42.0 Å². The third-order valence-corrected chi connectivity index (χ3v) is 8.06. The van der Waals surface area contributed by atoms with Crippen LogP contribution >= 0.6 is 11.3 Å². The largest absolute Gasteiger partial charge is 0.340 e. The van der Waals surface area contributed by atoms with E-state index in [2.05, 4.69) is 4.90 Å². The summed E-state index contributed by atoms with van der Waals surface area (Å²) in [5, 5.41) is 1.90. The number of carbonyl (C=O) groups excluding carboxylic acids is 3. The van der Waals surface area contributed by atoms with E-state index in [0.29, 0.717) is 39.1 Å². The number of hydrogen-bond acceptors (Lipinski definition) is 5. The van der Waals surface area contributed by atoms with E-state index in [1.807, 2.05) is 83.1 Å². The van der Waals surface area contributed by atoms with E-state index < -0.39 is 5.54 Å². The van der Waals surface area contributed by atoms with Crippen LogP contribution in [0.3, 0.4) is 0 Å². The summed E-state index contributed by atoms with van der Waals surface area (Å²) in [6.45, 7) is 1.88. The van der Waals surface area contributed by atoms with Crippen LogP contribution in [0.2, 0.25) is 0 Å². The molecule has 8 heteroatoms. The average Bonchev–Trinajstić information content (AvgIpc) is 3.54. The average molecular weight is 503 g/mol. The van der Waals surface area contributed by atoms with Gasteiger partial charge in [0.2, 0.25) is 5.91 Å². The summed E-state index contributed by atoms with van der Waals surface area (Å²) in [6, 6.07) is 23.4. The topological polar surface area (TPSA) is 64.2 Å². The first kappa shape index (κ1) is 24.1. The minimum atomic E-state index is -0.758. The number of amides is 3. The van der Waals surface area contributed by atoms with Gasteiger partial charge in [0.05, 0.1) is 11.5 Å². The van der Waals surface area contributed by atoms with E-state index in [4.69, 9.17) is 0 Å². The summed E-state index contributed by atoms with van der Waals surface area (Å²) in [4.78, 5) is 47.9. The van der Waals surface area contributed by atoms with Crippen molar-refractivity contribution in [1.82, 2.24) is 14.7 Å². The molecule has 5 rings (SSSR count). The Balaban J connectivity index is 1.33. The summed E-state index contributed by atoms with van der Waals surface area (Å²) in [5.74, 6) is -0.107. The number of thiophene rings is 1. The molecule has 2 aromatic carbocycles. The molecule has 2 fully saturated rings. The molecule has 2 saturated heterocycles. The maximum Gasteiger partial charge on any atom is 0.263 e. The Bertz CT molecular complexity index is 1210. The van der Waals surface area contributed by atoms with Gasteiger partial charge in [0.1, 0.15) is 12.1 Å². The van der Waals surface area contributed by atoms with Crippen LogP contribution in [0.25, 0.3) is 0 Å². The second-order valence-electron chi connectivity index (χ2n) is 9.44. The fourth-order valence-corrected chi connectivity index (χ4v) is 5.88. The Kier molecular flexibility index (Phi) is 6.78. The van der Waals surface area contributed by atoms with Crippen molar-refractivity contribution in [3.05, 3.63) is 88.6 Å². The quantitative estimate of drug-likeness (QED) is 0.516. The monoisotopic (exact) mass is 502 g/mol. The first-order valence-corrected chi connectivity index (χ1v) is 13.1. The zero-order valence-electron chi connectivity index (χ0n) is 20.4. The molecule has 2 aliphatic rings. The van der Waals surface area contributed by atoms with Gasteiger partial charge < -0.3 is 19.6 Å². The van der Waals surface area contributed by atoms with Gasteiger partial charge in [0.15, 0.2) is 0 Å². The van der Waals surface area contributed by atoms with E-state index in [1.165, 1.54) is 11.3 Å². The van der Waals surface area contributed by atoms with Crippen molar-refractivity contribution in [1.29, 1.82) is 0 Å². The zero-order valence-corrected chi connectivity index (χ0v) is 21.2. The molecule has 0 radical (unpaired) electrons. The van der Waals surface area contributed by atoms with Gasteiger partial charge in [0, 0.05) is 32.4 Å². The molecule has 1 spiro atoms. The van der Waals surface area contributed by atoms with E-state index in [0.717, 1.165) is 16.1 Å². The molecular weight excluding hydrogens is 472 g/mol. The van der Waals surface area contributed by atoms with Crippen LogP contribution in [-0.2, 0) is 16.1 Å². The van der Waals surface area contributed by atoms with Crippen molar-refractivity contribution in [2.45, 2.75) is 24.9 Å². The Hall–Kier alpha value is -3.65. The molecule has 7 nitrogen and oxygen atoms in total. The Morgan fingerprint density at radius 1 is 0.944 bits per heavy atom. The van der Waals surface area contributed by atoms with Gasteiger partial charge in [0.25, 0.3) is 11.8 Å². The number of nitrogens with zero attached hydrogens (tertiary/aromatic N) is 4. The van der Waals surface area contributed by atoms with Crippen LogP contribution in [-0.4, -0.2) is 71.3 Å². The van der Waals surface area contributed by atoms with Gasteiger partial charge in [-0.3, -0.25) is 14.4 Å². The number of hydrogen-bond donors (Lipinski definition) is 0. The number of likely N-dealkylation sites (N-methyl/N-ethyl adjacent to an activating group) is 1. The number of benzene rings is 2. The number of para-hydroxylation sites is 1. The van der Waals surface area contributed by atoms with Crippen LogP contribution in [0.5, 0.6) is 0 Å². The lowest BCUT2D eigenvalue weighted by atomic mass is 9.85. The molecule has 3 heterocycles. The van der Waals surface area contributed by atoms with Crippen LogP contribution < -0.4 is 4.90 Å². The van der Waals surface area contributed by atoms with Crippen LogP contribution in [0.4, 0.5) is 5.69 Å². The van der Waals surface area contributed by atoms with Gasteiger partial charge >= 0.3 is 0 Å². The van der Waals surface area contributed by atoms with Crippen molar-refractivity contribution in [3.8, 4) is 0 Å². The van der Waals surface area contributed by atoms with Crippen molar-refractivity contribution in [2.24, 2.45) is 0 Å². The van der Waals surface area contributed by atoms with Crippen LogP contribution in [0.1, 0.15) is 28.1 Å². The molecule has 0 unspecified atom stereocenters. The van der Waals surface area contributed by atoms with E-state index in [-0.39, 0.29) is 24.3 Å². The first-order valence-electron chi connectivity index (χ1n) is 12.2. The van der Waals surface area contributed by atoms with Crippen LogP contribution in [0, 0.1) is 0 Å². The third kappa shape index (κ3) is 4.60. The van der Waals surface area contributed by atoms with Gasteiger partial charge in [-0.1, -0.05) is 54.6 Å². The molecule has 0 aliphatic carbocycles. The second kappa shape index (κ2) is 10.1. The summed E-state index contributed by atoms with van der Waals surface area (Å²) in [6.07, 6.45) is 1.06. The number of rotatable bonds is 6. The Morgan fingerprint density at radius 3 is 2.25 bits per heavy atom. The molecular formula is C28H30N4O3S. The van der Waals surface area contributed by atoms with E-state index in [9.17, 15) is 14.4 Å². The second-order valence-corrected chi connectivity index (χ2v) is 10.4. The normalized spacial score (nSPS) is 17.0. The van der Waals surface area contributed by atoms with Crippen molar-refractivity contribution >= 4 is 34.7 Å². The number of piperidine rings is 1. The Labute approximate surface area is 215 Å². The van der Waals surface area contributed by atoms with E-state index >= 15 is 0 Å². The zero-order chi connectivity index (χ0) is 25.1. The number of carbonyl (C=O) groups is 3. The lowest BCUT2D eigenvalue weighted by Gasteiger charge is -2.43. The van der Waals surface area contributed by atoms with Gasteiger partial charge in [-0.2, -0.15) is 0 Å². The first-order chi connectivity index (χ1) is 17.5. The third-order valence-electron chi connectivity index (χ3n) is 7.21. The lowest BCUT2D eigenvalue weighted by molar-refractivity contribution is -0.140. The van der Waals surface area contributed by atoms with Gasteiger partial charge in [-0.25, -0.2) is 0 Å². The predicted molar refractivity (Wildman–Crippen MR) is 141 cm³/mol. The molecule has 3 amide bonds. The highest BCUT2D eigenvalue weighted by Crippen LogP contribution is 2.39. The molecule has 0 N–H and O–H groups in total. The fraction of sp³-hybridized carbons (Fsp3) is 0.321. The maximum absolute atomic E-state index is 13.9. The molecule has 3 aromatic rings. The van der Waals surface area contributed by atoms with Gasteiger partial charge in [-0.15, -0.1) is 11.3 Å². The maximum atomic E-state index is 13.9. The minimum absolute atomic E-state index is 0.0196. The Morgan fingerprint density at radius 2 is 1.61 bits per heavy atom. The van der Waals surface area contributed by atoms with Crippen molar-refractivity contribution < 1.29 is 14.4 Å². The summed E-state index contributed by atoms with van der Waals surface area (Å²) < 4.78 is 0. The summed E-state index contributed by atoms with van der Waals surface area (Å²) in [7, 11) is 1.77. The highest BCUT2D eigenvalue weighted by Gasteiger charge is 2.54. The molecule has 186 valence electrons. The molecule has 0 saturated carbocycles. The standard InChI is InChI=1S/C28H30N4O3S/c1-29(19-22-9-4-2-5-10-22)25(33)20-31-21-32(23-11-6-3-7-12-23)28(27(31)35)14-16-30(17-15-28)26(34)24-13-8-18-36-24/h2-13,18H,14-17,19-21H2,1H3. The fourth-order valence-electron chi connectivity index (χ4n) is 5.19. The lowest BCUT2D eigenvalue weighted by Crippen LogP contribution is -2.57. The SMILES string of the molecule is CN(Cc1ccccc1)C(=O)CN1CN(c2ccccc2)C2(CCN(C(=O)c3cccs3)CC2)C1=O. The number of likely N-dealkylation sites (tertiary alicyclic amines) is 1. The molecule has 1 aromatic heterocycles. The van der Waals surface area contributed by atoms with Crippen molar-refractivity contribution in [2.75, 3.05) is 38.3 Å².